The van der Waals surface area contributed by atoms with E-state index in [9.17, 15) is 19.7 Å². The van der Waals surface area contributed by atoms with Gasteiger partial charge in [0.15, 0.2) is 0 Å². The van der Waals surface area contributed by atoms with Gasteiger partial charge in [0.1, 0.15) is 5.57 Å². The van der Waals surface area contributed by atoms with Gasteiger partial charge in [-0.2, -0.15) is 0 Å². The van der Waals surface area contributed by atoms with E-state index in [1.807, 2.05) is 0 Å². The minimum Gasteiger partial charge on any atom is -0.462 e. The van der Waals surface area contributed by atoms with E-state index in [4.69, 9.17) is 9.47 Å². The number of hydrogen-bond donors (Lipinski definition) is 0. The van der Waals surface area contributed by atoms with Crippen molar-refractivity contribution in [1.29, 1.82) is 0 Å². The molecule has 0 aliphatic carbocycles. The first-order valence-corrected chi connectivity index (χ1v) is 6.72. The van der Waals surface area contributed by atoms with Crippen molar-refractivity contribution in [1.82, 2.24) is 0 Å². The maximum atomic E-state index is 12.0. The largest absolute Gasteiger partial charge is 0.462 e. The van der Waals surface area contributed by atoms with Gasteiger partial charge >= 0.3 is 11.9 Å². The predicted molar refractivity (Wildman–Crippen MR) is 79.0 cm³/mol. The maximum absolute atomic E-state index is 12.0. The molecule has 0 heterocycles. The van der Waals surface area contributed by atoms with E-state index in [0.717, 1.165) is 0 Å². The van der Waals surface area contributed by atoms with Crippen LogP contribution in [0.2, 0.25) is 0 Å². The van der Waals surface area contributed by atoms with E-state index in [-0.39, 0.29) is 30.0 Å². The predicted octanol–water partition coefficient (Wildman–Crippen LogP) is 2.49. The third-order valence-corrected chi connectivity index (χ3v) is 2.82. The Morgan fingerprint density at radius 1 is 1.14 bits per heavy atom. The van der Waals surface area contributed by atoms with Gasteiger partial charge < -0.3 is 9.47 Å². The minimum absolute atomic E-state index is 0.101. The standard InChI is InChI=1S/C15H17NO6/c1-4-21-14(17)13(15(18)22-5-2)10(3)11-7-6-8-12(9-11)16(19)20/h6-9H,4-5H2,1-3H3. The van der Waals surface area contributed by atoms with Crippen LogP contribution in [-0.2, 0) is 19.1 Å². The van der Waals surface area contributed by atoms with Crippen LogP contribution >= 0.6 is 0 Å². The highest BCUT2D eigenvalue weighted by atomic mass is 16.6. The number of allylic oxidation sites excluding steroid dienone is 1. The highest BCUT2D eigenvalue weighted by Gasteiger charge is 2.25. The molecule has 0 aliphatic rings. The van der Waals surface area contributed by atoms with Crippen LogP contribution in [0.25, 0.3) is 5.57 Å². The smallest absolute Gasteiger partial charge is 0.345 e. The molecule has 0 N–H and O–H groups in total. The van der Waals surface area contributed by atoms with E-state index in [1.165, 1.54) is 25.1 Å². The molecule has 0 radical (unpaired) electrons. The van der Waals surface area contributed by atoms with Gasteiger partial charge in [-0.1, -0.05) is 12.1 Å². The molecule has 0 unspecified atom stereocenters. The summed E-state index contributed by atoms with van der Waals surface area (Å²) in [6.45, 7) is 4.95. The van der Waals surface area contributed by atoms with E-state index in [2.05, 4.69) is 0 Å². The molecule has 0 spiro atoms. The average Bonchev–Trinajstić information content (AvgIpc) is 2.48. The average molecular weight is 307 g/mol. The SMILES string of the molecule is CCOC(=O)C(C(=O)OCC)=C(C)c1cccc([N+](=O)[O-])c1. The van der Waals surface area contributed by atoms with E-state index < -0.39 is 16.9 Å². The van der Waals surface area contributed by atoms with Crippen LogP contribution in [0.4, 0.5) is 5.69 Å². The normalized spacial score (nSPS) is 9.77. The van der Waals surface area contributed by atoms with E-state index in [0.29, 0.717) is 5.56 Å². The van der Waals surface area contributed by atoms with Gasteiger partial charge in [0.2, 0.25) is 0 Å². The number of esters is 2. The van der Waals surface area contributed by atoms with E-state index >= 15 is 0 Å². The Kier molecular flexibility index (Phi) is 6.25. The van der Waals surface area contributed by atoms with Crippen LogP contribution in [0.5, 0.6) is 0 Å². The molecule has 0 fully saturated rings. The number of nitro benzene ring substituents is 1. The summed E-state index contributed by atoms with van der Waals surface area (Å²) in [6.07, 6.45) is 0. The van der Waals surface area contributed by atoms with Gasteiger partial charge in [-0.25, -0.2) is 9.59 Å². The van der Waals surface area contributed by atoms with Crippen molar-refractivity contribution in [2.75, 3.05) is 13.2 Å². The summed E-state index contributed by atoms with van der Waals surface area (Å²) in [6, 6.07) is 5.66. The Bertz CT molecular complexity index is 600. The van der Waals surface area contributed by atoms with Crippen LogP contribution < -0.4 is 0 Å². The van der Waals surface area contributed by atoms with Gasteiger partial charge in [0, 0.05) is 12.1 Å². The lowest BCUT2D eigenvalue weighted by molar-refractivity contribution is -0.384. The summed E-state index contributed by atoms with van der Waals surface area (Å²) in [7, 11) is 0. The zero-order valence-corrected chi connectivity index (χ0v) is 12.6. The van der Waals surface area contributed by atoms with Crippen molar-refractivity contribution in [3.05, 3.63) is 45.5 Å². The molecule has 118 valence electrons. The van der Waals surface area contributed by atoms with Gasteiger partial charge in [-0.05, 0) is 31.9 Å². The Hall–Kier alpha value is -2.70. The summed E-state index contributed by atoms with van der Waals surface area (Å²) >= 11 is 0. The number of carbonyl (C=O) groups excluding carboxylic acids is 2. The molecule has 0 atom stereocenters. The zero-order valence-electron chi connectivity index (χ0n) is 12.6. The van der Waals surface area contributed by atoms with Crippen LogP contribution in [0.1, 0.15) is 26.3 Å². The first-order valence-electron chi connectivity index (χ1n) is 6.72. The summed E-state index contributed by atoms with van der Waals surface area (Å²) in [5, 5.41) is 10.8. The fourth-order valence-electron chi connectivity index (χ4n) is 1.79. The molecule has 7 heteroatoms. The third-order valence-electron chi connectivity index (χ3n) is 2.82. The Balaban J connectivity index is 3.37. The Labute approximate surface area is 127 Å². The number of ether oxygens (including phenoxy) is 2. The first-order chi connectivity index (χ1) is 10.4. The molecular weight excluding hydrogens is 290 g/mol. The van der Waals surface area contributed by atoms with Gasteiger partial charge in [0.05, 0.1) is 18.1 Å². The van der Waals surface area contributed by atoms with Gasteiger partial charge in [0.25, 0.3) is 5.69 Å². The number of rotatable bonds is 6. The lowest BCUT2D eigenvalue weighted by Gasteiger charge is -2.10. The zero-order chi connectivity index (χ0) is 16.7. The van der Waals surface area contributed by atoms with Crippen LogP contribution in [0, 0.1) is 10.1 Å². The number of non-ortho nitro benzene ring substituents is 1. The van der Waals surface area contributed by atoms with Crippen molar-refractivity contribution in [3.63, 3.8) is 0 Å². The second-order valence-electron chi connectivity index (χ2n) is 4.25. The molecule has 1 aromatic carbocycles. The van der Waals surface area contributed by atoms with Crippen molar-refractivity contribution in [3.8, 4) is 0 Å². The highest BCUT2D eigenvalue weighted by molar-refractivity contribution is 6.19. The van der Waals surface area contributed by atoms with Crippen molar-refractivity contribution >= 4 is 23.2 Å². The molecule has 22 heavy (non-hydrogen) atoms. The summed E-state index contributed by atoms with van der Waals surface area (Å²) < 4.78 is 9.72. The highest BCUT2D eigenvalue weighted by Crippen LogP contribution is 2.24. The number of carbonyl (C=O) groups is 2. The second kappa shape index (κ2) is 7.92. The van der Waals surface area contributed by atoms with Crippen molar-refractivity contribution in [2.45, 2.75) is 20.8 Å². The first kappa shape index (κ1) is 17.4. The molecule has 0 aromatic heterocycles. The number of benzene rings is 1. The Morgan fingerprint density at radius 2 is 1.68 bits per heavy atom. The van der Waals surface area contributed by atoms with Gasteiger partial charge in [-0.15, -0.1) is 0 Å². The molecule has 0 amide bonds. The summed E-state index contributed by atoms with van der Waals surface area (Å²) in [5.41, 5.74) is 0.249. The topological polar surface area (TPSA) is 95.7 Å². The number of nitro groups is 1. The second-order valence-corrected chi connectivity index (χ2v) is 4.25. The van der Waals surface area contributed by atoms with Crippen LogP contribution in [-0.4, -0.2) is 30.1 Å². The van der Waals surface area contributed by atoms with E-state index in [1.54, 1.807) is 19.9 Å². The lowest BCUT2D eigenvalue weighted by atomic mass is 10.0. The molecule has 0 aliphatic heterocycles. The fourth-order valence-corrected chi connectivity index (χ4v) is 1.79. The molecular formula is C15H17NO6. The third kappa shape index (κ3) is 4.15. The monoisotopic (exact) mass is 307 g/mol. The molecule has 1 rings (SSSR count). The molecule has 0 bridgehead atoms. The van der Waals surface area contributed by atoms with Crippen molar-refractivity contribution in [2.24, 2.45) is 0 Å². The quantitative estimate of drug-likeness (QED) is 0.200. The maximum Gasteiger partial charge on any atom is 0.345 e. The molecule has 0 saturated carbocycles. The summed E-state index contributed by atoms with van der Waals surface area (Å²) in [4.78, 5) is 34.2. The number of hydrogen-bond acceptors (Lipinski definition) is 6. The van der Waals surface area contributed by atoms with Crippen LogP contribution in [0.3, 0.4) is 0 Å². The molecule has 0 saturated heterocycles. The van der Waals surface area contributed by atoms with Crippen molar-refractivity contribution < 1.29 is 24.0 Å². The number of nitrogens with zero attached hydrogens (tertiary/aromatic N) is 1. The molecule has 7 nitrogen and oxygen atoms in total. The minimum atomic E-state index is -0.815. The molecule has 1 aromatic rings. The van der Waals surface area contributed by atoms with Gasteiger partial charge in [-0.3, -0.25) is 10.1 Å². The summed E-state index contributed by atoms with van der Waals surface area (Å²) in [5.74, 6) is -1.63. The van der Waals surface area contributed by atoms with Crippen LogP contribution in [0.15, 0.2) is 29.8 Å². The lowest BCUT2D eigenvalue weighted by Crippen LogP contribution is -2.19. The Morgan fingerprint density at radius 3 is 2.14 bits per heavy atom. The fraction of sp³-hybridized carbons (Fsp3) is 0.333.